The van der Waals surface area contributed by atoms with Crippen LogP contribution in [0.25, 0.3) is 11.0 Å². The number of ether oxygens (including phenoxy) is 3. The van der Waals surface area contributed by atoms with E-state index < -0.39 is 52.6 Å². The van der Waals surface area contributed by atoms with Gasteiger partial charge in [0.05, 0.1) is 60.9 Å². The summed E-state index contributed by atoms with van der Waals surface area (Å²) in [4.78, 5) is 87.4. The second-order valence-corrected chi connectivity index (χ2v) is 15.6. The number of fused-ring (bicyclic) bond motifs is 2. The number of nitrogens with one attached hydrogen (secondary N) is 3. The topological polar surface area (TPSA) is 203 Å². The zero-order valence-corrected chi connectivity index (χ0v) is 35.5. The summed E-state index contributed by atoms with van der Waals surface area (Å²) >= 11 is 0. The Morgan fingerprint density at radius 1 is 0.889 bits per heavy atom. The lowest BCUT2D eigenvalue weighted by Gasteiger charge is -2.32. The number of aromatic nitrogens is 3. The van der Waals surface area contributed by atoms with E-state index in [1.807, 2.05) is 18.4 Å². The van der Waals surface area contributed by atoms with Crippen molar-refractivity contribution in [1.82, 2.24) is 29.7 Å². The van der Waals surface area contributed by atoms with Crippen molar-refractivity contribution in [3.05, 3.63) is 76.9 Å². The van der Waals surface area contributed by atoms with Crippen LogP contribution in [0, 0.1) is 5.41 Å². The van der Waals surface area contributed by atoms with Crippen molar-refractivity contribution in [1.29, 1.82) is 0 Å². The number of piperidine rings is 1. The van der Waals surface area contributed by atoms with Gasteiger partial charge in [0.25, 0.3) is 23.6 Å². The van der Waals surface area contributed by atoms with E-state index in [0.29, 0.717) is 41.9 Å². The first-order valence-corrected chi connectivity index (χ1v) is 20.4. The molecule has 0 radical (unpaired) electrons. The van der Waals surface area contributed by atoms with Crippen LogP contribution in [0.5, 0.6) is 5.75 Å². The van der Waals surface area contributed by atoms with E-state index in [-0.39, 0.29) is 86.8 Å². The summed E-state index contributed by atoms with van der Waals surface area (Å²) in [5, 5.41) is 8.65. The molecule has 0 saturated carbocycles. The third-order valence-corrected chi connectivity index (χ3v) is 10.8. The Morgan fingerprint density at radius 2 is 1.60 bits per heavy atom. The van der Waals surface area contributed by atoms with Crippen molar-refractivity contribution in [2.75, 3.05) is 63.8 Å². The van der Waals surface area contributed by atoms with Gasteiger partial charge in [-0.25, -0.2) is 9.97 Å². The number of likely N-dealkylation sites (tertiary alicyclic amines) is 1. The molecule has 63 heavy (non-hydrogen) atoms. The molecule has 0 spiro atoms. The molecule has 0 bridgehead atoms. The minimum Gasteiger partial charge on any atom is -0.492 e. The molecule has 20 heteroatoms. The number of amides is 6. The number of pyridine rings is 1. The number of aryl methyl sites for hydroxylation is 2. The van der Waals surface area contributed by atoms with E-state index >= 15 is 0 Å². The minimum absolute atomic E-state index is 0.0561. The van der Waals surface area contributed by atoms with Crippen LogP contribution in [0.3, 0.4) is 0 Å². The first kappa shape index (κ1) is 46.1. The monoisotopic (exact) mass is 878 g/mol. The number of hydrogen-bond donors (Lipinski definition) is 3. The van der Waals surface area contributed by atoms with Gasteiger partial charge in [-0.2, -0.15) is 13.2 Å². The largest absolute Gasteiger partial charge is 0.492 e. The maximum Gasteiger partial charge on any atom is 0.433 e. The van der Waals surface area contributed by atoms with Crippen LogP contribution >= 0.6 is 0 Å². The number of anilines is 2. The number of rotatable bonds is 19. The molecule has 1 saturated heterocycles. The molecule has 2 aromatic heterocycles. The third kappa shape index (κ3) is 10.3. The van der Waals surface area contributed by atoms with Crippen molar-refractivity contribution < 1.29 is 56.1 Å². The van der Waals surface area contributed by atoms with E-state index in [1.165, 1.54) is 19.2 Å². The summed E-state index contributed by atoms with van der Waals surface area (Å²) in [5.41, 5.74) is -0.158. The Labute approximate surface area is 360 Å². The van der Waals surface area contributed by atoms with E-state index in [0.717, 1.165) is 21.9 Å². The Kier molecular flexibility index (Phi) is 14.1. The fraction of sp³-hybridized carbons (Fsp3) is 0.442. The number of likely N-dealkylation sites (N-methyl/N-ethyl adjacent to an activating group) is 1. The highest BCUT2D eigenvalue weighted by atomic mass is 19.4. The highest BCUT2D eigenvalue weighted by Crippen LogP contribution is 2.35. The Balaban J connectivity index is 0.913. The molecule has 6 amide bonds. The quantitative estimate of drug-likeness (QED) is 0.0874. The van der Waals surface area contributed by atoms with Gasteiger partial charge in [0, 0.05) is 57.2 Å². The molecular formula is C43H49F3N8O9. The van der Waals surface area contributed by atoms with E-state index in [1.54, 1.807) is 38.2 Å². The lowest BCUT2D eigenvalue weighted by Crippen LogP contribution is -2.54. The second kappa shape index (κ2) is 19.3. The molecule has 336 valence electrons. The van der Waals surface area contributed by atoms with Gasteiger partial charge >= 0.3 is 6.18 Å². The Bertz CT molecular complexity index is 2420. The third-order valence-electron chi connectivity index (χ3n) is 10.8. The van der Waals surface area contributed by atoms with Crippen LogP contribution in [0.1, 0.15) is 82.8 Å². The summed E-state index contributed by atoms with van der Waals surface area (Å²) in [5.74, 6) is -2.19. The normalized spacial score (nSPS) is 15.6. The first-order valence-electron chi connectivity index (χ1n) is 20.4. The van der Waals surface area contributed by atoms with Crippen LogP contribution in [0.15, 0.2) is 48.5 Å². The highest BCUT2D eigenvalue weighted by Gasteiger charge is 2.47. The van der Waals surface area contributed by atoms with Crippen LogP contribution in [-0.4, -0.2) is 119 Å². The number of hydrogen-bond acceptors (Lipinski definition) is 12. The van der Waals surface area contributed by atoms with Crippen molar-refractivity contribution in [3.63, 3.8) is 0 Å². The summed E-state index contributed by atoms with van der Waals surface area (Å²) in [6, 6.07) is 10.2. The number of alkyl halides is 3. The average molecular weight is 879 g/mol. The second-order valence-electron chi connectivity index (χ2n) is 15.6. The molecule has 2 aromatic carbocycles. The molecule has 2 aliphatic rings. The predicted octanol–water partition coefficient (Wildman–Crippen LogP) is 4.60. The zero-order valence-electron chi connectivity index (χ0n) is 35.5. The van der Waals surface area contributed by atoms with E-state index in [4.69, 9.17) is 19.2 Å². The van der Waals surface area contributed by atoms with Gasteiger partial charge in [0.15, 0.2) is 0 Å². The van der Waals surface area contributed by atoms with Gasteiger partial charge in [0.2, 0.25) is 11.8 Å². The van der Waals surface area contributed by atoms with Gasteiger partial charge in [0.1, 0.15) is 29.0 Å². The number of imide groups is 2. The van der Waals surface area contributed by atoms with Gasteiger partial charge in [-0.05, 0) is 50.1 Å². The first-order chi connectivity index (χ1) is 29.9. The molecule has 4 heterocycles. The summed E-state index contributed by atoms with van der Waals surface area (Å²) in [7, 11) is 3.13. The maximum atomic E-state index is 13.4. The van der Waals surface area contributed by atoms with Crippen molar-refractivity contribution in [2.45, 2.75) is 58.7 Å². The lowest BCUT2D eigenvalue weighted by atomic mass is 9.86. The minimum atomic E-state index is -4.71. The van der Waals surface area contributed by atoms with Crippen molar-refractivity contribution in [3.8, 4) is 5.75 Å². The van der Waals surface area contributed by atoms with E-state index in [9.17, 15) is 41.9 Å². The standard InChI is InChI=1S/C43H49F3N8O9/c1-6-63-32-24-28-31(23-29(32)51-37(56)27-11-8-12-33(49-27)43(44,45)46)52(4)34(50-28)15-16-42(2,3)41(60)48-18-20-62-22-21-61-19-17-47-26-10-7-9-25-36(26)40(59)54(38(25)57)30-13-14-35(55)53(5)39(30)58/h7-12,23-24,30,47H,6,13-22H2,1-5H3,(H,48,60)(H,51,56). The van der Waals surface area contributed by atoms with Gasteiger partial charge < -0.3 is 34.7 Å². The number of halogens is 3. The fourth-order valence-corrected chi connectivity index (χ4v) is 7.24. The fourth-order valence-electron chi connectivity index (χ4n) is 7.24. The molecule has 2 aliphatic heterocycles. The number of carbonyl (C=O) groups is 6. The Hall–Kier alpha value is -6.41. The van der Waals surface area contributed by atoms with Gasteiger partial charge in [-0.1, -0.05) is 26.0 Å². The summed E-state index contributed by atoms with van der Waals surface area (Å²) < 4.78 is 58.4. The van der Waals surface area contributed by atoms with Crippen molar-refractivity contribution >= 4 is 57.9 Å². The maximum absolute atomic E-state index is 13.4. The molecular weight excluding hydrogens is 830 g/mol. The van der Waals surface area contributed by atoms with Crippen LogP contribution in [-0.2, 0) is 43.5 Å². The van der Waals surface area contributed by atoms with Gasteiger partial charge in [-0.3, -0.25) is 38.6 Å². The van der Waals surface area contributed by atoms with Crippen LogP contribution in [0.2, 0.25) is 0 Å². The summed E-state index contributed by atoms with van der Waals surface area (Å²) in [6.45, 7) is 7.26. The van der Waals surface area contributed by atoms with Crippen LogP contribution < -0.4 is 20.7 Å². The van der Waals surface area contributed by atoms with Crippen LogP contribution in [0.4, 0.5) is 24.5 Å². The smallest absolute Gasteiger partial charge is 0.433 e. The molecule has 4 aromatic rings. The number of benzene rings is 2. The zero-order chi connectivity index (χ0) is 45.6. The molecule has 1 atom stereocenters. The SMILES string of the molecule is CCOc1cc2nc(CCC(C)(C)C(=O)NCCOCCOCCNc3cccc4c3C(=O)N(C3CCC(=O)N(C)C3=O)C4=O)n(C)c2cc1NC(=O)c1cccc(C(F)(F)F)n1. The molecule has 1 fully saturated rings. The lowest BCUT2D eigenvalue weighted by molar-refractivity contribution is -0.149. The molecule has 3 N–H and O–H groups in total. The number of nitrogens with zero attached hydrogens (tertiary/aromatic N) is 5. The van der Waals surface area contributed by atoms with E-state index in [2.05, 4.69) is 20.9 Å². The molecule has 17 nitrogen and oxygen atoms in total. The number of carbonyl (C=O) groups excluding carboxylic acids is 6. The Morgan fingerprint density at radius 3 is 2.32 bits per heavy atom. The molecule has 1 unspecified atom stereocenters. The number of imidazole rings is 1. The molecule has 0 aliphatic carbocycles. The van der Waals surface area contributed by atoms with Gasteiger partial charge in [-0.15, -0.1) is 0 Å². The summed E-state index contributed by atoms with van der Waals surface area (Å²) in [6.07, 6.45) is -3.71. The average Bonchev–Trinajstić information content (AvgIpc) is 3.69. The van der Waals surface area contributed by atoms with Crippen molar-refractivity contribution in [2.24, 2.45) is 12.5 Å². The predicted molar refractivity (Wildman–Crippen MR) is 222 cm³/mol. The highest BCUT2D eigenvalue weighted by molar-refractivity contribution is 6.25. The molecule has 6 rings (SSSR count).